The Morgan fingerprint density at radius 3 is 2.69 bits per heavy atom. The molecule has 0 radical (unpaired) electrons. The van der Waals surface area contributed by atoms with Gasteiger partial charge in [0.2, 0.25) is 5.91 Å². The molecule has 1 atom stereocenters. The lowest BCUT2D eigenvalue weighted by Gasteiger charge is -2.11. The average Bonchev–Trinajstić information content (AvgIpc) is 2.16. The Balaban J connectivity index is 3.59. The van der Waals surface area contributed by atoms with Gasteiger partial charge in [0.15, 0.2) is 0 Å². The van der Waals surface area contributed by atoms with Gasteiger partial charge in [-0.1, -0.05) is 39.0 Å². The van der Waals surface area contributed by atoms with Crippen molar-refractivity contribution in [2.75, 3.05) is 0 Å². The zero-order chi connectivity index (χ0) is 12.6. The van der Waals surface area contributed by atoms with Crippen LogP contribution in [0.2, 0.25) is 0 Å². The summed E-state index contributed by atoms with van der Waals surface area (Å²) < 4.78 is 20.8. The Morgan fingerprint density at radius 1 is 1.38 bits per heavy atom. The molecule has 0 aliphatic rings. The van der Waals surface area contributed by atoms with E-state index in [2.05, 4.69) is 12.2 Å². The molecule has 0 aromatic carbocycles. The van der Waals surface area contributed by atoms with Crippen LogP contribution in [-0.2, 0) is 4.79 Å². The van der Waals surface area contributed by atoms with Crippen molar-refractivity contribution in [3.63, 3.8) is 0 Å². The van der Waals surface area contributed by atoms with Crippen molar-refractivity contribution in [3.8, 4) is 0 Å². The van der Waals surface area contributed by atoms with Crippen LogP contribution in [0, 0.1) is 0 Å². The minimum atomic E-state index is -2.52. The maximum absolute atomic E-state index is 11.1. The predicted octanol–water partition coefficient (Wildman–Crippen LogP) is 2.87. The summed E-state index contributed by atoms with van der Waals surface area (Å²) in [5.74, 6) is -0.839. The second kappa shape index (κ2) is 8.09. The fourth-order valence-corrected chi connectivity index (χ4v) is 1.35. The molecule has 2 nitrogen and oxygen atoms in total. The molecule has 1 amide bonds. The molecule has 13 heavy (non-hydrogen) atoms. The van der Waals surface area contributed by atoms with Gasteiger partial charge < -0.3 is 5.32 Å². The highest BCUT2D eigenvalue weighted by molar-refractivity contribution is 5.73. The number of nitrogens with one attached hydrogen (secondary N) is 1. The van der Waals surface area contributed by atoms with Gasteiger partial charge in [0, 0.05) is 17.0 Å². The summed E-state index contributed by atoms with van der Waals surface area (Å²) in [5, 5.41) is 2.51. The first kappa shape index (κ1) is 7.84. The molecule has 0 rings (SSSR count). The van der Waals surface area contributed by atoms with Gasteiger partial charge in [-0.25, -0.2) is 0 Å². The summed E-state index contributed by atoms with van der Waals surface area (Å²) >= 11 is 0. The molecular formula is C11H23NO. The van der Waals surface area contributed by atoms with Crippen LogP contribution >= 0.6 is 0 Å². The van der Waals surface area contributed by atoms with Gasteiger partial charge in [0.25, 0.3) is 0 Å². The van der Waals surface area contributed by atoms with Crippen molar-refractivity contribution in [3.05, 3.63) is 0 Å². The Morgan fingerprint density at radius 2 is 2.08 bits per heavy atom. The van der Waals surface area contributed by atoms with Gasteiger partial charge in [-0.2, -0.15) is 0 Å². The minimum absolute atomic E-state index is 0.0467. The zero-order valence-electron chi connectivity index (χ0n) is 11.7. The monoisotopic (exact) mass is 188 g/mol. The number of unbranched alkanes of at least 4 members (excludes halogenated alkanes) is 4. The van der Waals surface area contributed by atoms with Gasteiger partial charge in [0.1, 0.15) is 0 Å². The smallest absolute Gasteiger partial charge is 0.217 e. The van der Waals surface area contributed by atoms with E-state index in [1.807, 2.05) is 6.92 Å². The maximum atomic E-state index is 11.1. The van der Waals surface area contributed by atoms with Crippen LogP contribution in [0.3, 0.4) is 0 Å². The Labute approximate surface area is 86.3 Å². The van der Waals surface area contributed by atoms with Crippen molar-refractivity contribution in [1.82, 2.24) is 5.32 Å². The molecule has 0 saturated carbocycles. The minimum Gasteiger partial charge on any atom is -0.354 e. The number of hydrogen-bond donors (Lipinski definition) is 1. The van der Waals surface area contributed by atoms with Crippen LogP contribution in [0.4, 0.5) is 0 Å². The van der Waals surface area contributed by atoms with Crippen molar-refractivity contribution < 1.29 is 8.91 Å². The quantitative estimate of drug-likeness (QED) is 0.612. The van der Waals surface area contributed by atoms with E-state index in [0.29, 0.717) is 0 Å². The Bertz CT molecular complexity index is 204. The Hall–Kier alpha value is -0.530. The van der Waals surface area contributed by atoms with Crippen molar-refractivity contribution in [2.24, 2.45) is 0 Å². The lowest BCUT2D eigenvalue weighted by molar-refractivity contribution is -0.119. The lowest BCUT2D eigenvalue weighted by Crippen LogP contribution is -2.30. The molecule has 0 saturated heterocycles. The number of carbonyl (C=O) groups excluding carboxylic acids is 1. The van der Waals surface area contributed by atoms with E-state index in [4.69, 9.17) is 4.11 Å². The zero-order valence-corrected chi connectivity index (χ0v) is 8.73. The third-order valence-electron chi connectivity index (χ3n) is 2.12. The van der Waals surface area contributed by atoms with E-state index in [1.54, 1.807) is 0 Å². The molecule has 2 heteroatoms. The lowest BCUT2D eigenvalue weighted by atomic mass is 10.1. The largest absolute Gasteiger partial charge is 0.354 e. The van der Waals surface area contributed by atoms with E-state index < -0.39 is 12.8 Å². The highest BCUT2D eigenvalue weighted by Gasteiger charge is 2.01. The number of amides is 1. The fraction of sp³-hybridized carbons (Fsp3) is 0.909. The molecule has 0 heterocycles. The SMILES string of the molecule is [2H]C([2H])([2H])C(=O)NC(C)CCCCCCC. The summed E-state index contributed by atoms with van der Waals surface area (Å²) in [6.07, 6.45) is 6.73. The average molecular weight is 188 g/mol. The second-order valence-electron chi connectivity index (χ2n) is 3.58. The number of rotatable bonds is 7. The number of carbonyl (C=O) groups is 1. The standard InChI is InChI=1S/C11H23NO/c1-4-5-6-7-8-9-10(2)12-11(3)13/h10H,4-9H2,1-3H3,(H,12,13)/i3D3. The molecule has 0 bridgehead atoms. The molecule has 1 N–H and O–H groups in total. The molecule has 78 valence electrons. The number of hydrogen-bond acceptors (Lipinski definition) is 1. The second-order valence-corrected chi connectivity index (χ2v) is 3.58. The molecule has 0 fully saturated rings. The summed E-state index contributed by atoms with van der Waals surface area (Å²) in [6, 6.07) is -0.0467. The normalized spacial score (nSPS) is 16.9. The predicted molar refractivity (Wildman–Crippen MR) is 56.7 cm³/mol. The van der Waals surface area contributed by atoms with Crippen LogP contribution in [-0.4, -0.2) is 11.9 Å². The van der Waals surface area contributed by atoms with Gasteiger partial charge in [-0.3, -0.25) is 4.79 Å². The molecule has 0 aromatic rings. The van der Waals surface area contributed by atoms with Crippen LogP contribution in [0.15, 0.2) is 0 Å². The highest BCUT2D eigenvalue weighted by atomic mass is 16.1. The van der Waals surface area contributed by atoms with Gasteiger partial charge >= 0.3 is 0 Å². The van der Waals surface area contributed by atoms with Crippen LogP contribution < -0.4 is 5.32 Å². The van der Waals surface area contributed by atoms with E-state index >= 15 is 0 Å². The van der Waals surface area contributed by atoms with Gasteiger partial charge in [-0.05, 0) is 13.3 Å². The third-order valence-corrected chi connectivity index (χ3v) is 2.12. The fourth-order valence-electron chi connectivity index (χ4n) is 1.35. The third kappa shape index (κ3) is 9.38. The van der Waals surface area contributed by atoms with E-state index in [1.165, 1.54) is 19.3 Å². The van der Waals surface area contributed by atoms with Crippen molar-refractivity contribution in [1.29, 1.82) is 0 Å². The van der Waals surface area contributed by atoms with Crippen molar-refractivity contribution in [2.45, 2.75) is 65.3 Å². The first-order valence-electron chi connectivity index (χ1n) is 6.69. The molecule has 0 aromatic heterocycles. The van der Waals surface area contributed by atoms with Gasteiger partial charge in [0.05, 0.1) is 0 Å². The summed E-state index contributed by atoms with van der Waals surface area (Å²) in [6.45, 7) is 1.50. The highest BCUT2D eigenvalue weighted by Crippen LogP contribution is 2.06. The van der Waals surface area contributed by atoms with Crippen LogP contribution in [0.25, 0.3) is 0 Å². The van der Waals surface area contributed by atoms with E-state index in [9.17, 15) is 4.79 Å². The molecule has 0 aliphatic carbocycles. The van der Waals surface area contributed by atoms with Crippen LogP contribution in [0.5, 0.6) is 0 Å². The molecule has 1 unspecified atom stereocenters. The molecular weight excluding hydrogens is 162 g/mol. The van der Waals surface area contributed by atoms with Crippen molar-refractivity contribution >= 4 is 5.91 Å². The van der Waals surface area contributed by atoms with Gasteiger partial charge in [-0.15, -0.1) is 0 Å². The summed E-state index contributed by atoms with van der Waals surface area (Å²) in [7, 11) is 0. The van der Waals surface area contributed by atoms with E-state index in [0.717, 1.165) is 19.3 Å². The van der Waals surface area contributed by atoms with E-state index in [-0.39, 0.29) is 6.04 Å². The Kier molecular flexibility index (Phi) is 4.87. The summed E-state index contributed by atoms with van der Waals surface area (Å²) in [5.41, 5.74) is 0. The summed E-state index contributed by atoms with van der Waals surface area (Å²) in [4.78, 5) is 11.1. The maximum Gasteiger partial charge on any atom is 0.217 e. The van der Waals surface area contributed by atoms with Crippen LogP contribution in [0.1, 0.15) is 63.3 Å². The topological polar surface area (TPSA) is 29.1 Å². The first-order chi connectivity index (χ1) is 7.38. The molecule has 0 aliphatic heterocycles. The first-order valence-corrected chi connectivity index (χ1v) is 5.19. The molecule has 0 spiro atoms.